The van der Waals surface area contributed by atoms with Gasteiger partial charge in [-0.1, -0.05) is 6.42 Å². The van der Waals surface area contributed by atoms with Crippen LogP contribution in [0, 0.1) is 17.6 Å². The highest BCUT2D eigenvalue weighted by molar-refractivity contribution is 7.89. The van der Waals surface area contributed by atoms with Gasteiger partial charge in [0, 0.05) is 6.04 Å². The van der Waals surface area contributed by atoms with Crippen LogP contribution in [0.15, 0.2) is 17.0 Å². The summed E-state index contributed by atoms with van der Waals surface area (Å²) in [5.74, 6) is -3.29. The normalized spacial score (nSPS) is 17.1. The molecule has 0 spiro atoms. The molecule has 21 heavy (non-hydrogen) atoms. The summed E-state index contributed by atoms with van der Waals surface area (Å²) < 4.78 is 50.2. The molecular formula is C13H16F2N2O3S. The molecule has 0 heterocycles. The van der Waals surface area contributed by atoms with E-state index in [-0.39, 0.29) is 12.0 Å². The Morgan fingerprint density at radius 1 is 1.38 bits per heavy atom. The number of amides is 1. The van der Waals surface area contributed by atoms with Crippen LogP contribution in [0.1, 0.15) is 36.5 Å². The minimum atomic E-state index is -4.37. The van der Waals surface area contributed by atoms with Crippen molar-refractivity contribution in [3.8, 4) is 0 Å². The van der Waals surface area contributed by atoms with Gasteiger partial charge in [0.05, 0.1) is 0 Å². The van der Waals surface area contributed by atoms with Gasteiger partial charge < -0.3 is 5.32 Å². The zero-order valence-electron chi connectivity index (χ0n) is 11.4. The van der Waals surface area contributed by atoms with Crippen LogP contribution in [-0.4, -0.2) is 20.4 Å². The number of sulfonamides is 1. The van der Waals surface area contributed by atoms with Gasteiger partial charge in [-0.3, -0.25) is 4.79 Å². The van der Waals surface area contributed by atoms with Gasteiger partial charge in [0.15, 0.2) is 5.82 Å². The number of primary sulfonamides is 1. The Bertz CT molecular complexity index is 672. The molecule has 1 fully saturated rings. The molecule has 1 aromatic rings. The maximum absolute atomic E-state index is 14.1. The van der Waals surface area contributed by atoms with Crippen molar-refractivity contribution in [2.75, 3.05) is 0 Å². The summed E-state index contributed by atoms with van der Waals surface area (Å²) in [6.45, 7) is 1.75. The Morgan fingerprint density at radius 2 is 2.00 bits per heavy atom. The summed E-state index contributed by atoms with van der Waals surface area (Å²) in [4.78, 5) is 11.1. The van der Waals surface area contributed by atoms with E-state index >= 15 is 0 Å². The molecule has 116 valence electrons. The summed E-state index contributed by atoms with van der Waals surface area (Å²) >= 11 is 0. The topological polar surface area (TPSA) is 89.3 Å². The standard InChI is InChI=1S/C13H16F2N2O3S/c1-7(8-3-2-4-8)17-13(18)11-9(14)5-6-10(12(11)15)21(16,19)20/h5-8H,2-4H2,1H3,(H,17,18)(H2,16,19,20). The van der Waals surface area contributed by atoms with E-state index in [4.69, 9.17) is 5.14 Å². The number of carbonyl (C=O) groups is 1. The molecule has 1 saturated carbocycles. The third kappa shape index (κ3) is 3.21. The summed E-state index contributed by atoms with van der Waals surface area (Å²) in [5.41, 5.74) is -0.923. The lowest BCUT2D eigenvalue weighted by Crippen LogP contribution is -2.41. The van der Waals surface area contributed by atoms with Crippen molar-refractivity contribution in [2.45, 2.75) is 37.1 Å². The monoisotopic (exact) mass is 318 g/mol. The Labute approximate surface area is 121 Å². The van der Waals surface area contributed by atoms with Gasteiger partial charge in [-0.2, -0.15) is 0 Å². The number of hydrogen-bond acceptors (Lipinski definition) is 3. The van der Waals surface area contributed by atoms with Crippen LogP contribution in [0.4, 0.5) is 8.78 Å². The van der Waals surface area contributed by atoms with Crippen molar-refractivity contribution in [1.82, 2.24) is 5.32 Å². The second kappa shape index (κ2) is 5.69. The molecule has 2 rings (SSSR count). The second-order valence-electron chi connectivity index (χ2n) is 5.23. The third-order valence-corrected chi connectivity index (χ3v) is 4.73. The minimum Gasteiger partial charge on any atom is -0.349 e. The first-order chi connectivity index (χ1) is 9.71. The minimum absolute atomic E-state index is 0.233. The van der Waals surface area contributed by atoms with E-state index in [1.54, 1.807) is 6.92 Å². The van der Waals surface area contributed by atoms with Crippen molar-refractivity contribution in [1.29, 1.82) is 0 Å². The highest BCUT2D eigenvalue weighted by Crippen LogP contribution is 2.29. The molecule has 3 N–H and O–H groups in total. The molecule has 0 bridgehead atoms. The molecule has 0 aromatic heterocycles. The average molecular weight is 318 g/mol. The molecule has 1 aliphatic carbocycles. The molecule has 1 aromatic carbocycles. The highest BCUT2D eigenvalue weighted by atomic mass is 32.2. The van der Waals surface area contributed by atoms with Crippen LogP contribution in [-0.2, 0) is 10.0 Å². The number of rotatable bonds is 4. The number of nitrogens with two attached hydrogens (primary N) is 1. The van der Waals surface area contributed by atoms with E-state index in [9.17, 15) is 22.0 Å². The van der Waals surface area contributed by atoms with Gasteiger partial charge in [0.2, 0.25) is 10.0 Å². The zero-order chi connectivity index (χ0) is 15.8. The molecule has 0 saturated heterocycles. The maximum Gasteiger partial charge on any atom is 0.257 e. The highest BCUT2D eigenvalue weighted by Gasteiger charge is 2.29. The van der Waals surface area contributed by atoms with Crippen molar-refractivity contribution in [2.24, 2.45) is 11.1 Å². The van der Waals surface area contributed by atoms with Crippen molar-refractivity contribution >= 4 is 15.9 Å². The molecule has 0 radical (unpaired) electrons. The fraction of sp³-hybridized carbons (Fsp3) is 0.462. The second-order valence-corrected chi connectivity index (χ2v) is 6.76. The fourth-order valence-electron chi connectivity index (χ4n) is 2.30. The molecule has 1 aliphatic rings. The van der Waals surface area contributed by atoms with Crippen LogP contribution < -0.4 is 10.5 Å². The Balaban J connectivity index is 2.31. The predicted octanol–water partition coefficient (Wildman–Crippen LogP) is 1.53. The molecule has 1 unspecified atom stereocenters. The van der Waals surface area contributed by atoms with Crippen LogP contribution >= 0.6 is 0 Å². The van der Waals surface area contributed by atoms with Crippen LogP contribution in [0.2, 0.25) is 0 Å². The molecular weight excluding hydrogens is 302 g/mol. The summed E-state index contributed by atoms with van der Waals surface area (Å²) in [6.07, 6.45) is 2.96. The van der Waals surface area contributed by atoms with Crippen LogP contribution in [0.5, 0.6) is 0 Å². The Morgan fingerprint density at radius 3 is 2.48 bits per heavy atom. The third-order valence-electron chi connectivity index (χ3n) is 3.80. The lowest BCUT2D eigenvalue weighted by Gasteiger charge is -2.31. The van der Waals surface area contributed by atoms with Crippen molar-refractivity contribution in [3.05, 3.63) is 29.3 Å². The van der Waals surface area contributed by atoms with Crippen LogP contribution in [0.25, 0.3) is 0 Å². The smallest absolute Gasteiger partial charge is 0.257 e. The molecule has 1 atom stereocenters. The van der Waals surface area contributed by atoms with E-state index < -0.39 is 38.0 Å². The lowest BCUT2D eigenvalue weighted by atomic mass is 9.80. The predicted molar refractivity (Wildman–Crippen MR) is 72.0 cm³/mol. The zero-order valence-corrected chi connectivity index (χ0v) is 12.2. The number of nitrogens with one attached hydrogen (secondary N) is 1. The van der Waals surface area contributed by atoms with E-state index in [0.29, 0.717) is 12.1 Å². The van der Waals surface area contributed by atoms with Gasteiger partial charge in [-0.15, -0.1) is 0 Å². The largest absolute Gasteiger partial charge is 0.349 e. The number of carbonyl (C=O) groups excluding carboxylic acids is 1. The first-order valence-electron chi connectivity index (χ1n) is 6.53. The van der Waals surface area contributed by atoms with Gasteiger partial charge in [0.25, 0.3) is 5.91 Å². The van der Waals surface area contributed by atoms with E-state index in [0.717, 1.165) is 19.3 Å². The van der Waals surface area contributed by atoms with Gasteiger partial charge in [0.1, 0.15) is 16.3 Å². The quantitative estimate of drug-likeness (QED) is 0.882. The summed E-state index contributed by atoms with van der Waals surface area (Å²) in [6, 6.07) is 1.18. The van der Waals surface area contributed by atoms with Crippen LogP contribution in [0.3, 0.4) is 0 Å². The summed E-state index contributed by atoms with van der Waals surface area (Å²) in [5, 5.41) is 7.34. The van der Waals surface area contributed by atoms with E-state index in [1.165, 1.54) is 0 Å². The van der Waals surface area contributed by atoms with Crippen molar-refractivity contribution in [3.63, 3.8) is 0 Å². The number of hydrogen-bond donors (Lipinski definition) is 2. The van der Waals surface area contributed by atoms with E-state index in [1.807, 2.05) is 0 Å². The molecule has 8 heteroatoms. The lowest BCUT2D eigenvalue weighted by molar-refractivity contribution is 0.0900. The Hall–Kier alpha value is -1.54. The van der Waals surface area contributed by atoms with Crippen molar-refractivity contribution < 1.29 is 22.0 Å². The fourth-order valence-corrected chi connectivity index (χ4v) is 2.91. The van der Waals surface area contributed by atoms with Gasteiger partial charge in [-0.25, -0.2) is 22.3 Å². The van der Waals surface area contributed by atoms with E-state index in [2.05, 4.69) is 5.32 Å². The first-order valence-corrected chi connectivity index (χ1v) is 8.08. The van der Waals surface area contributed by atoms with Gasteiger partial charge in [-0.05, 0) is 37.8 Å². The molecule has 1 amide bonds. The number of benzene rings is 1. The molecule has 0 aliphatic heterocycles. The maximum atomic E-state index is 14.1. The summed E-state index contributed by atoms with van der Waals surface area (Å²) in [7, 11) is -4.37. The average Bonchev–Trinajstić information content (AvgIpc) is 2.23. The molecule has 5 nitrogen and oxygen atoms in total. The van der Waals surface area contributed by atoms with Gasteiger partial charge >= 0.3 is 0 Å². The SMILES string of the molecule is CC(NC(=O)c1c(F)ccc(S(N)(=O)=O)c1F)C1CCC1. The number of halogens is 2. The Kier molecular flexibility index (Phi) is 4.29. The first kappa shape index (κ1) is 15.8.